The lowest BCUT2D eigenvalue weighted by atomic mass is 10.3. The Morgan fingerprint density at radius 1 is 1.43 bits per heavy atom. The van der Waals surface area contributed by atoms with E-state index in [0.29, 0.717) is 6.04 Å². The Labute approximate surface area is 97.6 Å². The Kier molecular flexibility index (Phi) is 9.62. The summed E-state index contributed by atoms with van der Waals surface area (Å²) in [6.45, 7) is 5.35. The van der Waals surface area contributed by atoms with E-state index < -0.39 is 0 Å². The van der Waals surface area contributed by atoms with E-state index in [-0.39, 0.29) is 0 Å². The highest BCUT2D eigenvalue weighted by molar-refractivity contribution is 7.98. The molecule has 0 spiro atoms. The minimum absolute atomic E-state index is 0.506. The van der Waals surface area contributed by atoms with Crippen molar-refractivity contribution in [3.8, 4) is 0 Å². The average Bonchev–Trinajstić information content (AvgIpc) is 2.17. The fraction of sp³-hybridized carbons (Fsp3) is 0.900. The smallest absolute Gasteiger partial charge is 0.166 e. The van der Waals surface area contributed by atoms with E-state index in [1.54, 1.807) is 0 Å². The molecule has 2 nitrogen and oxygen atoms in total. The van der Waals surface area contributed by atoms with Gasteiger partial charge in [0.2, 0.25) is 0 Å². The minimum atomic E-state index is 0.506. The molecule has 14 heavy (non-hydrogen) atoms. The van der Waals surface area contributed by atoms with Crippen LogP contribution >= 0.6 is 24.0 Å². The summed E-state index contributed by atoms with van der Waals surface area (Å²) in [6, 6.07) is 0.506. The fourth-order valence-electron chi connectivity index (χ4n) is 1.08. The summed E-state index contributed by atoms with van der Waals surface area (Å²) in [4.78, 5) is 0. The molecule has 0 aliphatic carbocycles. The van der Waals surface area contributed by atoms with Crippen LogP contribution in [0.15, 0.2) is 0 Å². The molecule has 0 heterocycles. The van der Waals surface area contributed by atoms with Crippen molar-refractivity contribution in [3.63, 3.8) is 0 Å². The molecule has 0 aliphatic heterocycles. The molecule has 4 heteroatoms. The third-order valence-corrected chi connectivity index (χ3v) is 3.01. The van der Waals surface area contributed by atoms with Gasteiger partial charge in [-0.25, -0.2) is 0 Å². The summed E-state index contributed by atoms with van der Waals surface area (Å²) in [5.41, 5.74) is 0. The molecule has 0 radical (unpaired) electrons. The predicted octanol–water partition coefficient (Wildman–Crippen LogP) is 2.39. The van der Waals surface area contributed by atoms with Crippen LogP contribution in [0.5, 0.6) is 0 Å². The van der Waals surface area contributed by atoms with Crippen molar-refractivity contribution in [2.24, 2.45) is 0 Å². The van der Waals surface area contributed by atoms with Crippen molar-refractivity contribution in [2.75, 3.05) is 18.6 Å². The molecule has 0 aromatic rings. The molecule has 0 rings (SSSR count). The summed E-state index contributed by atoms with van der Waals surface area (Å²) in [5, 5.41) is 7.35. The quantitative estimate of drug-likeness (QED) is 0.522. The van der Waals surface area contributed by atoms with Gasteiger partial charge >= 0.3 is 0 Å². The average molecular weight is 234 g/mol. The Bertz CT molecular complexity index is 151. The molecular formula is C10H22N2S2. The van der Waals surface area contributed by atoms with Gasteiger partial charge in [-0.3, -0.25) is 0 Å². The SMILES string of the molecule is CCCCNC(=S)NC(CC)CSC. The summed E-state index contributed by atoms with van der Waals surface area (Å²) >= 11 is 7.05. The molecule has 2 N–H and O–H groups in total. The van der Waals surface area contributed by atoms with E-state index in [0.717, 1.165) is 23.8 Å². The van der Waals surface area contributed by atoms with Gasteiger partial charge in [0, 0.05) is 18.3 Å². The van der Waals surface area contributed by atoms with Crippen LogP contribution in [0.25, 0.3) is 0 Å². The van der Waals surface area contributed by atoms with Crippen LogP contribution in [0.4, 0.5) is 0 Å². The number of rotatable bonds is 7. The zero-order valence-electron chi connectivity index (χ0n) is 9.43. The van der Waals surface area contributed by atoms with Gasteiger partial charge in [-0.2, -0.15) is 11.8 Å². The molecule has 84 valence electrons. The van der Waals surface area contributed by atoms with E-state index >= 15 is 0 Å². The summed E-state index contributed by atoms with van der Waals surface area (Å²) in [7, 11) is 0. The summed E-state index contributed by atoms with van der Waals surface area (Å²) in [5.74, 6) is 1.12. The van der Waals surface area contributed by atoms with E-state index in [1.165, 1.54) is 12.8 Å². The predicted molar refractivity (Wildman–Crippen MR) is 71.1 cm³/mol. The maximum Gasteiger partial charge on any atom is 0.166 e. The number of hydrogen-bond donors (Lipinski definition) is 2. The largest absolute Gasteiger partial charge is 0.363 e. The van der Waals surface area contributed by atoms with E-state index in [1.807, 2.05) is 11.8 Å². The van der Waals surface area contributed by atoms with Gasteiger partial charge in [0.15, 0.2) is 5.11 Å². The highest BCUT2D eigenvalue weighted by atomic mass is 32.2. The zero-order chi connectivity index (χ0) is 10.8. The minimum Gasteiger partial charge on any atom is -0.363 e. The maximum atomic E-state index is 5.19. The van der Waals surface area contributed by atoms with Crippen LogP contribution in [0.1, 0.15) is 33.1 Å². The molecule has 0 aromatic heterocycles. The van der Waals surface area contributed by atoms with Crippen LogP contribution < -0.4 is 10.6 Å². The zero-order valence-corrected chi connectivity index (χ0v) is 11.1. The fourth-order valence-corrected chi connectivity index (χ4v) is 2.07. The molecule has 1 unspecified atom stereocenters. The highest BCUT2D eigenvalue weighted by Crippen LogP contribution is 2.00. The van der Waals surface area contributed by atoms with Crippen LogP contribution in [0.3, 0.4) is 0 Å². The maximum absolute atomic E-state index is 5.19. The lowest BCUT2D eigenvalue weighted by molar-refractivity contribution is 0.636. The van der Waals surface area contributed by atoms with Gasteiger partial charge in [-0.1, -0.05) is 20.3 Å². The molecule has 0 fully saturated rings. The number of hydrogen-bond acceptors (Lipinski definition) is 2. The molecule has 0 aliphatic rings. The van der Waals surface area contributed by atoms with Crippen LogP contribution in [0.2, 0.25) is 0 Å². The molecule has 0 aromatic carbocycles. The van der Waals surface area contributed by atoms with Crippen molar-refractivity contribution in [1.29, 1.82) is 0 Å². The normalized spacial score (nSPS) is 12.2. The van der Waals surface area contributed by atoms with E-state index in [4.69, 9.17) is 12.2 Å². The molecule has 0 amide bonds. The summed E-state index contributed by atoms with van der Waals surface area (Å²) in [6.07, 6.45) is 5.63. The van der Waals surface area contributed by atoms with Gasteiger partial charge in [0.1, 0.15) is 0 Å². The third kappa shape index (κ3) is 7.44. The van der Waals surface area contributed by atoms with Gasteiger partial charge in [0.25, 0.3) is 0 Å². The molecule has 0 bridgehead atoms. The molecule has 1 atom stereocenters. The van der Waals surface area contributed by atoms with Crippen LogP contribution in [-0.2, 0) is 0 Å². The first-order valence-corrected chi connectivity index (χ1v) is 7.08. The van der Waals surface area contributed by atoms with Crippen molar-refractivity contribution >= 4 is 29.1 Å². The van der Waals surface area contributed by atoms with Crippen molar-refractivity contribution in [3.05, 3.63) is 0 Å². The second kappa shape index (κ2) is 9.59. The lowest BCUT2D eigenvalue weighted by Crippen LogP contribution is -2.43. The van der Waals surface area contributed by atoms with Crippen LogP contribution in [-0.4, -0.2) is 29.7 Å². The number of nitrogens with one attached hydrogen (secondary N) is 2. The first-order valence-electron chi connectivity index (χ1n) is 5.27. The van der Waals surface area contributed by atoms with E-state index in [2.05, 4.69) is 30.7 Å². The Hall–Kier alpha value is 0.0400. The standard InChI is InChI=1S/C10H22N2S2/c1-4-6-7-11-10(13)12-9(5-2)8-14-3/h9H,4-8H2,1-3H3,(H2,11,12,13). The Balaban J connectivity index is 3.56. The molecular weight excluding hydrogens is 212 g/mol. The number of thiocarbonyl (C=S) groups is 1. The first-order chi connectivity index (χ1) is 6.74. The number of unbranched alkanes of at least 4 members (excludes halogenated alkanes) is 1. The number of thioether (sulfide) groups is 1. The second-order valence-electron chi connectivity index (χ2n) is 3.31. The van der Waals surface area contributed by atoms with Gasteiger partial charge in [0.05, 0.1) is 0 Å². The first kappa shape index (κ1) is 14.0. The van der Waals surface area contributed by atoms with Gasteiger partial charge in [-0.05, 0) is 31.3 Å². The van der Waals surface area contributed by atoms with E-state index in [9.17, 15) is 0 Å². The van der Waals surface area contributed by atoms with Crippen molar-refractivity contribution in [1.82, 2.24) is 10.6 Å². The Morgan fingerprint density at radius 3 is 2.64 bits per heavy atom. The lowest BCUT2D eigenvalue weighted by Gasteiger charge is -2.18. The van der Waals surface area contributed by atoms with Crippen molar-refractivity contribution < 1.29 is 0 Å². The third-order valence-electron chi connectivity index (χ3n) is 2.01. The summed E-state index contributed by atoms with van der Waals surface area (Å²) < 4.78 is 0. The monoisotopic (exact) mass is 234 g/mol. The van der Waals surface area contributed by atoms with Crippen LogP contribution in [0, 0.1) is 0 Å². The van der Waals surface area contributed by atoms with Gasteiger partial charge < -0.3 is 10.6 Å². The molecule has 0 saturated heterocycles. The topological polar surface area (TPSA) is 24.1 Å². The van der Waals surface area contributed by atoms with Gasteiger partial charge in [-0.15, -0.1) is 0 Å². The highest BCUT2D eigenvalue weighted by Gasteiger charge is 2.05. The second-order valence-corrected chi connectivity index (χ2v) is 4.63. The molecule has 0 saturated carbocycles. The van der Waals surface area contributed by atoms with Crippen molar-refractivity contribution in [2.45, 2.75) is 39.2 Å². The Morgan fingerprint density at radius 2 is 2.14 bits per heavy atom.